The molecule has 1 atom stereocenters. The lowest BCUT2D eigenvalue weighted by Gasteiger charge is -2.42. The maximum Gasteiger partial charge on any atom is 0.410 e. The quantitative estimate of drug-likeness (QED) is 0.604. The van der Waals surface area contributed by atoms with Gasteiger partial charge in [-0.1, -0.05) is 12.1 Å². The molecular formula is C19H25FN2O6. The van der Waals surface area contributed by atoms with Crippen LogP contribution in [-0.2, 0) is 9.53 Å². The standard InChI is InChI=1S/C19H25FN2O6/c1-18(2,3)28-17(25)21-10-8-19(9-11-21,16(23)24)15(12-22(26)27)13-4-6-14(20)7-5-13/h4-7,15H,8-12H2,1-3H3,(H,23,24). The molecule has 0 saturated carbocycles. The lowest BCUT2D eigenvalue weighted by molar-refractivity contribution is -0.486. The van der Waals surface area contributed by atoms with Crippen LogP contribution in [0.25, 0.3) is 0 Å². The minimum Gasteiger partial charge on any atom is -0.481 e. The fourth-order valence-electron chi connectivity index (χ4n) is 3.57. The van der Waals surface area contributed by atoms with Crippen molar-refractivity contribution in [3.63, 3.8) is 0 Å². The summed E-state index contributed by atoms with van der Waals surface area (Å²) in [6.07, 6.45) is -0.464. The van der Waals surface area contributed by atoms with Gasteiger partial charge in [-0.2, -0.15) is 0 Å². The van der Waals surface area contributed by atoms with Crippen LogP contribution in [0.4, 0.5) is 9.18 Å². The fraction of sp³-hybridized carbons (Fsp3) is 0.579. The smallest absolute Gasteiger partial charge is 0.410 e. The topological polar surface area (TPSA) is 110 Å². The monoisotopic (exact) mass is 396 g/mol. The highest BCUT2D eigenvalue weighted by molar-refractivity contribution is 5.77. The lowest BCUT2D eigenvalue weighted by atomic mass is 9.66. The van der Waals surface area contributed by atoms with Crippen molar-refractivity contribution in [3.05, 3.63) is 45.8 Å². The molecule has 1 fully saturated rings. The highest BCUT2D eigenvalue weighted by Crippen LogP contribution is 2.45. The lowest BCUT2D eigenvalue weighted by Crippen LogP contribution is -2.51. The van der Waals surface area contributed by atoms with Crippen LogP contribution in [0.3, 0.4) is 0 Å². The van der Waals surface area contributed by atoms with Gasteiger partial charge in [0.25, 0.3) is 0 Å². The molecule has 0 radical (unpaired) electrons. The number of ether oxygens (including phenoxy) is 1. The van der Waals surface area contributed by atoms with Crippen molar-refractivity contribution >= 4 is 12.1 Å². The van der Waals surface area contributed by atoms with E-state index in [4.69, 9.17) is 4.74 Å². The number of carbonyl (C=O) groups is 2. The Kier molecular flexibility index (Phi) is 6.26. The van der Waals surface area contributed by atoms with E-state index < -0.39 is 46.3 Å². The van der Waals surface area contributed by atoms with Crippen molar-refractivity contribution in [3.8, 4) is 0 Å². The first-order valence-electron chi connectivity index (χ1n) is 9.03. The average molecular weight is 396 g/mol. The van der Waals surface area contributed by atoms with E-state index in [1.54, 1.807) is 20.8 Å². The van der Waals surface area contributed by atoms with E-state index in [9.17, 15) is 29.2 Å². The molecule has 1 N–H and O–H groups in total. The molecule has 1 amide bonds. The molecule has 1 aromatic rings. The van der Waals surface area contributed by atoms with E-state index in [0.29, 0.717) is 5.56 Å². The van der Waals surface area contributed by atoms with E-state index in [1.165, 1.54) is 17.0 Å². The first-order valence-corrected chi connectivity index (χ1v) is 9.03. The molecule has 8 nitrogen and oxygen atoms in total. The molecule has 2 rings (SSSR count). The summed E-state index contributed by atoms with van der Waals surface area (Å²) < 4.78 is 18.6. The van der Waals surface area contributed by atoms with Gasteiger partial charge in [-0.15, -0.1) is 0 Å². The number of aliphatic carboxylic acids is 1. The van der Waals surface area contributed by atoms with E-state index in [-0.39, 0.29) is 25.9 Å². The van der Waals surface area contributed by atoms with Gasteiger partial charge in [0.05, 0.1) is 11.3 Å². The minimum absolute atomic E-state index is 0.0391. The second kappa shape index (κ2) is 8.12. The molecule has 1 saturated heterocycles. The largest absolute Gasteiger partial charge is 0.481 e. The summed E-state index contributed by atoms with van der Waals surface area (Å²) in [6, 6.07) is 5.09. The van der Waals surface area contributed by atoms with Gasteiger partial charge < -0.3 is 14.7 Å². The van der Waals surface area contributed by atoms with Crippen LogP contribution >= 0.6 is 0 Å². The van der Waals surface area contributed by atoms with Crippen molar-refractivity contribution < 1.29 is 28.7 Å². The van der Waals surface area contributed by atoms with Crippen molar-refractivity contribution in [2.24, 2.45) is 5.41 Å². The summed E-state index contributed by atoms with van der Waals surface area (Å²) in [6.45, 7) is 4.83. The first-order chi connectivity index (χ1) is 12.9. The number of nitro groups is 1. The molecule has 1 aliphatic rings. The van der Waals surface area contributed by atoms with Crippen molar-refractivity contribution in [1.29, 1.82) is 0 Å². The molecule has 1 heterocycles. The van der Waals surface area contributed by atoms with Crippen LogP contribution in [0.2, 0.25) is 0 Å². The number of hydrogen-bond donors (Lipinski definition) is 1. The minimum atomic E-state index is -1.43. The molecule has 28 heavy (non-hydrogen) atoms. The maximum absolute atomic E-state index is 13.3. The second-order valence-electron chi connectivity index (χ2n) is 8.05. The van der Waals surface area contributed by atoms with Gasteiger partial charge in [-0.05, 0) is 51.3 Å². The highest BCUT2D eigenvalue weighted by Gasteiger charge is 2.51. The molecule has 0 spiro atoms. The Morgan fingerprint density at radius 2 is 1.82 bits per heavy atom. The number of piperidine rings is 1. The number of hydrogen-bond acceptors (Lipinski definition) is 5. The Balaban J connectivity index is 2.29. The van der Waals surface area contributed by atoms with Gasteiger partial charge in [0.2, 0.25) is 6.54 Å². The fourth-order valence-corrected chi connectivity index (χ4v) is 3.57. The van der Waals surface area contributed by atoms with Crippen molar-refractivity contribution in [1.82, 2.24) is 4.90 Å². The summed E-state index contributed by atoms with van der Waals surface area (Å²) in [4.78, 5) is 36.6. The summed E-state index contributed by atoms with van der Waals surface area (Å²) in [5.41, 5.74) is -1.71. The number of amides is 1. The van der Waals surface area contributed by atoms with Gasteiger partial charge in [0.15, 0.2) is 0 Å². The number of rotatable bonds is 5. The molecule has 1 aromatic carbocycles. The number of nitrogens with zero attached hydrogens (tertiary/aromatic N) is 2. The summed E-state index contributed by atoms with van der Waals surface area (Å²) >= 11 is 0. The number of carboxylic acid groups (broad SMARTS) is 1. The van der Waals surface area contributed by atoms with Crippen molar-refractivity contribution in [2.45, 2.75) is 45.1 Å². The molecule has 154 valence electrons. The Bertz CT molecular complexity index is 736. The average Bonchev–Trinajstić information content (AvgIpc) is 2.59. The van der Waals surface area contributed by atoms with Crippen LogP contribution in [0.1, 0.15) is 45.1 Å². The van der Waals surface area contributed by atoms with Crippen LogP contribution in [0.15, 0.2) is 24.3 Å². The number of likely N-dealkylation sites (tertiary alicyclic amines) is 1. The molecule has 1 aliphatic heterocycles. The van der Waals surface area contributed by atoms with Crippen LogP contribution in [0.5, 0.6) is 0 Å². The zero-order chi connectivity index (χ0) is 21.1. The third-order valence-corrected chi connectivity index (χ3v) is 5.00. The van der Waals surface area contributed by atoms with Gasteiger partial charge in [0, 0.05) is 18.0 Å². The SMILES string of the molecule is CC(C)(C)OC(=O)N1CCC(C(=O)O)(C(C[N+](=O)[O-])c2ccc(F)cc2)CC1. The first kappa shape index (κ1) is 21.6. The van der Waals surface area contributed by atoms with E-state index >= 15 is 0 Å². The predicted octanol–water partition coefficient (Wildman–Crippen LogP) is 3.29. The van der Waals surface area contributed by atoms with E-state index in [0.717, 1.165) is 12.1 Å². The second-order valence-corrected chi connectivity index (χ2v) is 8.05. The molecule has 9 heteroatoms. The normalized spacial score (nSPS) is 17.6. The number of benzene rings is 1. The Labute approximate surface area is 162 Å². The molecule has 1 unspecified atom stereocenters. The summed E-state index contributed by atoms with van der Waals surface area (Å²) in [7, 11) is 0. The Hall–Kier alpha value is -2.71. The van der Waals surface area contributed by atoms with Crippen LogP contribution < -0.4 is 0 Å². The molecule has 0 bridgehead atoms. The van der Waals surface area contributed by atoms with E-state index in [1.807, 2.05) is 0 Å². The summed E-state index contributed by atoms with van der Waals surface area (Å²) in [5, 5.41) is 21.2. The van der Waals surface area contributed by atoms with Crippen LogP contribution in [0, 0.1) is 21.3 Å². The Morgan fingerprint density at radius 3 is 2.25 bits per heavy atom. The highest BCUT2D eigenvalue weighted by atomic mass is 19.1. The Morgan fingerprint density at radius 1 is 1.29 bits per heavy atom. The van der Waals surface area contributed by atoms with Gasteiger partial charge in [-0.25, -0.2) is 9.18 Å². The number of halogens is 1. The molecular weight excluding hydrogens is 371 g/mol. The summed E-state index contributed by atoms with van der Waals surface area (Å²) in [5.74, 6) is -2.61. The van der Waals surface area contributed by atoms with Crippen molar-refractivity contribution in [2.75, 3.05) is 19.6 Å². The van der Waals surface area contributed by atoms with Gasteiger partial charge >= 0.3 is 12.1 Å². The third-order valence-electron chi connectivity index (χ3n) is 5.00. The van der Waals surface area contributed by atoms with E-state index in [2.05, 4.69) is 0 Å². The third kappa shape index (κ3) is 4.96. The zero-order valence-electron chi connectivity index (χ0n) is 16.2. The predicted molar refractivity (Wildman–Crippen MR) is 98.1 cm³/mol. The number of carbonyl (C=O) groups excluding carboxylic acids is 1. The molecule has 0 aromatic heterocycles. The van der Waals surface area contributed by atoms with Crippen LogP contribution in [-0.4, -0.2) is 52.2 Å². The van der Waals surface area contributed by atoms with Gasteiger partial charge in [-0.3, -0.25) is 14.9 Å². The molecule has 0 aliphatic carbocycles. The maximum atomic E-state index is 13.3. The zero-order valence-corrected chi connectivity index (χ0v) is 16.2. The van der Waals surface area contributed by atoms with Gasteiger partial charge in [0.1, 0.15) is 11.4 Å². The number of carboxylic acids is 1.